The molecule has 17 heavy (non-hydrogen) atoms. The SMILES string of the molecule is Nc1cccc(OC2CCOC3(CCC3)C2)c1. The Morgan fingerprint density at radius 2 is 2.24 bits per heavy atom. The van der Waals surface area contributed by atoms with E-state index in [2.05, 4.69) is 0 Å². The Hall–Kier alpha value is -1.22. The van der Waals surface area contributed by atoms with Crippen LogP contribution in [0.3, 0.4) is 0 Å². The van der Waals surface area contributed by atoms with E-state index >= 15 is 0 Å². The van der Waals surface area contributed by atoms with Crippen molar-refractivity contribution >= 4 is 5.69 Å². The molecule has 2 N–H and O–H groups in total. The van der Waals surface area contributed by atoms with Crippen molar-refractivity contribution in [2.24, 2.45) is 0 Å². The molecule has 0 radical (unpaired) electrons. The highest BCUT2D eigenvalue weighted by Crippen LogP contribution is 2.43. The van der Waals surface area contributed by atoms with E-state index in [9.17, 15) is 0 Å². The molecule has 3 heteroatoms. The predicted molar refractivity (Wildman–Crippen MR) is 67.0 cm³/mol. The van der Waals surface area contributed by atoms with Gasteiger partial charge >= 0.3 is 0 Å². The molecular formula is C14H19NO2. The lowest BCUT2D eigenvalue weighted by Gasteiger charge is -2.46. The highest BCUT2D eigenvalue weighted by Gasteiger charge is 2.43. The first-order valence-electron chi connectivity index (χ1n) is 6.42. The van der Waals surface area contributed by atoms with Crippen molar-refractivity contribution < 1.29 is 9.47 Å². The monoisotopic (exact) mass is 233 g/mol. The largest absolute Gasteiger partial charge is 0.490 e. The van der Waals surface area contributed by atoms with Gasteiger partial charge in [-0.3, -0.25) is 0 Å². The maximum atomic E-state index is 6.01. The van der Waals surface area contributed by atoms with Gasteiger partial charge in [-0.15, -0.1) is 0 Å². The van der Waals surface area contributed by atoms with Crippen LogP contribution in [0.25, 0.3) is 0 Å². The number of nitrogens with two attached hydrogens (primary N) is 1. The zero-order valence-electron chi connectivity index (χ0n) is 10.0. The maximum Gasteiger partial charge on any atom is 0.121 e. The second kappa shape index (κ2) is 4.22. The van der Waals surface area contributed by atoms with Crippen LogP contribution in [0, 0.1) is 0 Å². The number of benzene rings is 1. The quantitative estimate of drug-likeness (QED) is 0.799. The second-order valence-corrected chi connectivity index (χ2v) is 5.19. The van der Waals surface area contributed by atoms with Gasteiger partial charge in [0.15, 0.2) is 0 Å². The first kappa shape index (κ1) is 10.9. The molecule has 1 unspecified atom stereocenters. The van der Waals surface area contributed by atoms with Crippen molar-refractivity contribution in [2.45, 2.75) is 43.8 Å². The summed E-state index contributed by atoms with van der Waals surface area (Å²) in [7, 11) is 0. The summed E-state index contributed by atoms with van der Waals surface area (Å²) in [5.74, 6) is 0.881. The molecule has 2 fully saturated rings. The summed E-state index contributed by atoms with van der Waals surface area (Å²) in [4.78, 5) is 0. The minimum absolute atomic E-state index is 0.142. The third kappa shape index (κ3) is 2.25. The summed E-state index contributed by atoms with van der Waals surface area (Å²) in [6, 6.07) is 7.68. The van der Waals surface area contributed by atoms with E-state index in [4.69, 9.17) is 15.2 Å². The number of anilines is 1. The zero-order valence-corrected chi connectivity index (χ0v) is 10.0. The fourth-order valence-corrected chi connectivity index (χ4v) is 2.78. The van der Waals surface area contributed by atoms with E-state index < -0.39 is 0 Å². The van der Waals surface area contributed by atoms with Crippen LogP contribution in [0.4, 0.5) is 5.69 Å². The summed E-state index contributed by atoms with van der Waals surface area (Å²) >= 11 is 0. The molecule has 1 aliphatic carbocycles. The molecule has 1 aliphatic heterocycles. The molecule has 2 aliphatic rings. The predicted octanol–water partition coefficient (Wildman–Crippen LogP) is 2.75. The lowest BCUT2D eigenvalue weighted by Crippen LogP contribution is -2.48. The molecule has 0 aromatic heterocycles. The van der Waals surface area contributed by atoms with E-state index in [0.29, 0.717) is 0 Å². The number of rotatable bonds is 2. The van der Waals surface area contributed by atoms with Crippen molar-refractivity contribution in [1.82, 2.24) is 0 Å². The van der Waals surface area contributed by atoms with Crippen molar-refractivity contribution in [2.75, 3.05) is 12.3 Å². The van der Waals surface area contributed by atoms with Gasteiger partial charge in [-0.1, -0.05) is 6.07 Å². The minimum Gasteiger partial charge on any atom is -0.490 e. The molecule has 0 amide bonds. The fourth-order valence-electron chi connectivity index (χ4n) is 2.78. The molecule has 1 saturated carbocycles. The van der Waals surface area contributed by atoms with Crippen LogP contribution in [0.2, 0.25) is 0 Å². The van der Waals surface area contributed by atoms with E-state index in [1.54, 1.807) is 0 Å². The van der Waals surface area contributed by atoms with Crippen molar-refractivity contribution in [3.05, 3.63) is 24.3 Å². The standard InChI is InChI=1S/C14H19NO2/c15-11-3-1-4-12(9-11)17-13-5-8-16-14(10-13)6-2-7-14/h1,3-4,9,13H,2,5-8,10,15H2. The number of hydrogen-bond donors (Lipinski definition) is 1. The van der Waals surface area contributed by atoms with Gasteiger partial charge in [0.2, 0.25) is 0 Å². The van der Waals surface area contributed by atoms with Crippen LogP contribution in [-0.2, 0) is 4.74 Å². The van der Waals surface area contributed by atoms with Crippen molar-refractivity contribution in [3.8, 4) is 5.75 Å². The van der Waals surface area contributed by atoms with E-state index in [1.807, 2.05) is 24.3 Å². The first-order chi connectivity index (χ1) is 8.26. The zero-order chi connectivity index (χ0) is 11.7. The molecule has 1 atom stereocenters. The van der Waals surface area contributed by atoms with E-state index in [-0.39, 0.29) is 11.7 Å². The fraction of sp³-hybridized carbons (Fsp3) is 0.571. The van der Waals surface area contributed by atoms with Gasteiger partial charge in [0.1, 0.15) is 11.9 Å². The summed E-state index contributed by atoms with van der Waals surface area (Å²) in [6.45, 7) is 0.826. The third-order valence-corrected chi connectivity index (χ3v) is 3.87. The number of nitrogen functional groups attached to an aromatic ring is 1. The minimum atomic E-state index is 0.142. The summed E-state index contributed by atoms with van der Waals surface area (Å²) in [5, 5.41) is 0. The molecule has 1 saturated heterocycles. The molecule has 92 valence electrons. The van der Waals surface area contributed by atoms with Crippen LogP contribution in [0.15, 0.2) is 24.3 Å². The van der Waals surface area contributed by atoms with Gasteiger partial charge in [-0.05, 0) is 31.4 Å². The van der Waals surface area contributed by atoms with Gasteiger partial charge in [-0.25, -0.2) is 0 Å². The normalized spacial score (nSPS) is 26.5. The lowest BCUT2D eigenvalue weighted by molar-refractivity contribution is -0.153. The maximum absolute atomic E-state index is 6.01. The lowest BCUT2D eigenvalue weighted by atomic mass is 9.74. The Balaban J connectivity index is 1.65. The molecule has 1 heterocycles. The Kier molecular flexibility index (Phi) is 2.71. The second-order valence-electron chi connectivity index (χ2n) is 5.19. The molecule has 3 nitrogen and oxygen atoms in total. The topological polar surface area (TPSA) is 44.5 Å². The van der Waals surface area contributed by atoms with Crippen molar-refractivity contribution in [1.29, 1.82) is 0 Å². The third-order valence-electron chi connectivity index (χ3n) is 3.87. The highest BCUT2D eigenvalue weighted by molar-refractivity contribution is 5.43. The Bertz CT molecular complexity index is 401. The van der Waals surface area contributed by atoms with E-state index in [0.717, 1.165) is 30.9 Å². The summed E-state index contributed by atoms with van der Waals surface area (Å²) in [6.07, 6.45) is 5.99. The summed E-state index contributed by atoms with van der Waals surface area (Å²) < 4.78 is 11.9. The highest BCUT2D eigenvalue weighted by atomic mass is 16.5. The smallest absolute Gasteiger partial charge is 0.121 e. The number of hydrogen-bond acceptors (Lipinski definition) is 3. The Morgan fingerprint density at radius 3 is 2.94 bits per heavy atom. The van der Waals surface area contributed by atoms with Gasteiger partial charge in [0.25, 0.3) is 0 Å². The Morgan fingerprint density at radius 1 is 1.35 bits per heavy atom. The van der Waals surface area contributed by atoms with Crippen LogP contribution >= 0.6 is 0 Å². The average molecular weight is 233 g/mol. The van der Waals surface area contributed by atoms with Gasteiger partial charge in [-0.2, -0.15) is 0 Å². The molecule has 1 aromatic carbocycles. The summed E-state index contributed by atoms with van der Waals surface area (Å²) in [5.41, 5.74) is 6.65. The molecule has 0 bridgehead atoms. The van der Waals surface area contributed by atoms with Gasteiger partial charge in [0, 0.05) is 24.6 Å². The van der Waals surface area contributed by atoms with E-state index in [1.165, 1.54) is 19.3 Å². The Labute approximate surface area is 102 Å². The van der Waals surface area contributed by atoms with Crippen LogP contribution in [0.1, 0.15) is 32.1 Å². The average Bonchev–Trinajstić information content (AvgIpc) is 2.27. The van der Waals surface area contributed by atoms with Crippen molar-refractivity contribution in [3.63, 3.8) is 0 Å². The first-order valence-corrected chi connectivity index (χ1v) is 6.42. The molecule has 3 rings (SSSR count). The molecule has 1 spiro atoms. The van der Waals surface area contributed by atoms with Crippen LogP contribution < -0.4 is 10.5 Å². The van der Waals surface area contributed by atoms with Gasteiger partial charge in [0.05, 0.1) is 12.2 Å². The van der Waals surface area contributed by atoms with Gasteiger partial charge < -0.3 is 15.2 Å². The van der Waals surface area contributed by atoms with Crippen LogP contribution in [-0.4, -0.2) is 18.3 Å². The van der Waals surface area contributed by atoms with Crippen LogP contribution in [0.5, 0.6) is 5.75 Å². The number of ether oxygens (including phenoxy) is 2. The molecule has 1 aromatic rings. The molecular weight excluding hydrogens is 214 g/mol.